The number of likely N-dealkylation sites (tertiary alicyclic amines) is 1. The lowest BCUT2D eigenvalue weighted by Gasteiger charge is -2.46. The van der Waals surface area contributed by atoms with Gasteiger partial charge in [0.15, 0.2) is 0 Å². The van der Waals surface area contributed by atoms with Crippen molar-refractivity contribution in [2.75, 3.05) is 12.7 Å². The van der Waals surface area contributed by atoms with E-state index in [0.717, 1.165) is 0 Å². The molecule has 0 aliphatic carbocycles. The monoisotopic (exact) mass is 477 g/mol. The maximum atomic E-state index is 12.3. The van der Waals surface area contributed by atoms with E-state index in [1.807, 2.05) is 0 Å². The van der Waals surface area contributed by atoms with Crippen LogP contribution in [-0.4, -0.2) is 74.5 Å². The van der Waals surface area contributed by atoms with Crippen molar-refractivity contribution in [1.29, 1.82) is 0 Å². The number of nitrogens with zero attached hydrogens (tertiary/aromatic N) is 1. The summed E-state index contributed by atoms with van der Waals surface area (Å²) in [7, 11) is -3.85. The van der Waals surface area contributed by atoms with Crippen LogP contribution in [0, 0.1) is 11.3 Å². The van der Waals surface area contributed by atoms with E-state index in [4.69, 9.17) is 21.4 Å². The normalized spacial score (nSPS) is 25.3. The van der Waals surface area contributed by atoms with Gasteiger partial charge in [-0.3, -0.25) is 18.9 Å². The van der Waals surface area contributed by atoms with Crippen molar-refractivity contribution in [3.63, 3.8) is 0 Å². The lowest BCUT2D eigenvalue weighted by molar-refractivity contribution is -0.192. The first-order valence-electron chi connectivity index (χ1n) is 8.95. The number of nitrogens with two attached hydrogens (primary N) is 2. The number of hydrogen-bond donors (Lipinski definition) is 5. The minimum absolute atomic E-state index is 0.0767. The molecule has 1 saturated heterocycles. The largest absolute Gasteiger partial charge is 0.490 e. The van der Waals surface area contributed by atoms with Crippen molar-refractivity contribution in [3.05, 3.63) is 0 Å². The summed E-state index contributed by atoms with van der Waals surface area (Å²) in [5, 5.41) is 16.4. The number of carboxylic acid groups (broad SMARTS) is 2. The third kappa shape index (κ3) is 7.78. The number of aliphatic carboxylic acids is 2. The molecule has 31 heavy (non-hydrogen) atoms. The van der Waals surface area contributed by atoms with E-state index in [0.29, 0.717) is 0 Å². The fourth-order valence-corrected chi connectivity index (χ4v) is 4.74. The fourth-order valence-electron chi connectivity index (χ4n) is 3.14. The van der Waals surface area contributed by atoms with Crippen molar-refractivity contribution in [2.45, 2.75) is 51.6 Å². The van der Waals surface area contributed by atoms with Crippen LogP contribution in [0.5, 0.6) is 0 Å². The smallest absolute Gasteiger partial charge is 0.481 e. The lowest BCUT2D eigenvalue weighted by atomic mass is 9.73. The van der Waals surface area contributed by atoms with E-state index in [-0.39, 0.29) is 25.3 Å². The molecule has 7 N–H and O–H groups in total. The average Bonchev–Trinajstić information content (AvgIpc) is 2.59. The quantitative estimate of drug-likeness (QED) is 0.336. The molecule has 1 aliphatic rings. The molecule has 0 radical (unpaired) electrons. The summed E-state index contributed by atoms with van der Waals surface area (Å²) < 4.78 is 44.1. The molecule has 15 heteroatoms. The zero-order valence-corrected chi connectivity index (χ0v) is 18.0. The van der Waals surface area contributed by atoms with Gasteiger partial charge in [0, 0.05) is 25.7 Å². The molecule has 1 rings (SSSR count). The highest BCUT2D eigenvalue weighted by atomic mass is 31.2. The van der Waals surface area contributed by atoms with Crippen molar-refractivity contribution in [3.8, 4) is 0 Å². The topological polar surface area (TPSA) is 201 Å². The van der Waals surface area contributed by atoms with Gasteiger partial charge < -0.3 is 31.5 Å². The number of halogens is 3. The molecule has 11 nitrogen and oxygen atoms in total. The standard InChI is InChI=1S/C14H26N3O6P.C2HF3O2/c1-8(12(19)20)11-6-14(13(16)21,4-5-17(11)10(3)18)7-24(22,23)9(2)15;3-2(4,5)1(6)7/h8-9,11H,4-7,15H2,1-3H3,(H2,16,21)(H,19,20)(H,22,23);(H,6,7)/t8?,9-,11+,14?;/m1./s1. The Kier molecular flexibility index (Phi) is 9.69. The third-order valence-corrected chi connectivity index (χ3v) is 7.46. The summed E-state index contributed by atoms with van der Waals surface area (Å²) in [5.74, 6) is -6.94. The molecule has 180 valence electrons. The highest BCUT2D eigenvalue weighted by molar-refractivity contribution is 7.58. The molecule has 0 saturated carbocycles. The van der Waals surface area contributed by atoms with Crippen LogP contribution in [0.25, 0.3) is 0 Å². The molecule has 3 unspecified atom stereocenters. The van der Waals surface area contributed by atoms with Gasteiger partial charge in [0.25, 0.3) is 0 Å². The van der Waals surface area contributed by atoms with Gasteiger partial charge in [-0.1, -0.05) is 0 Å². The highest BCUT2D eigenvalue weighted by Gasteiger charge is 2.51. The number of carbonyl (C=O) groups is 4. The summed E-state index contributed by atoms with van der Waals surface area (Å²) in [6.45, 7) is 4.22. The van der Waals surface area contributed by atoms with Gasteiger partial charge in [-0.2, -0.15) is 13.2 Å². The molecular weight excluding hydrogens is 450 g/mol. The SMILES string of the molecule is CC(=O)N1CCC(CP(=O)(O)[C@H](C)N)(C(N)=O)C[C@H]1C(C)C(=O)O.O=C(O)C(F)(F)F. The number of carboxylic acids is 2. The Morgan fingerprint density at radius 2 is 1.68 bits per heavy atom. The molecule has 1 heterocycles. The van der Waals surface area contributed by atoms with Gasteiger partial charge in [-0.05, 0) is 26.7 Å². The summed E-state index contributed by atoms with van der Waals surface area (Å²) >= 11 is 0. The van der Waals surface area contributed by atoms with E-state index in [1.54, 1.807) is 0 Å². The second-order valence-corrected chi connectivity index (χ2v) is 10.1. The van der Waals surface area contributed by atoms with Crippen LogP contribution in [-0.2, 0) is 23.7 Å². The van der Waals surface area contributed by atoms with Crippen molar-refractivity contribution in [1.82, 2.24) is 4.90 Å². The summed E-state index contributed by atoms with van der Waals surface area (Å²) in [6.07, 6.45) is -5.48. The highest BCUT2D eigenvalue weighted by Crippen LogP contribution is 2.53. The molecule has 0 bridgehead atoms. The first-order valence-corrected chi connectivity index (χ1v) is 10.9. The molecule has 0 aromatic heterocycles. The molecular formula is C16H27F3N3O8P. The van der Waals surface area contributed by atoms with E-state index in [2.05, 4.69) is 0 Å². The molecule has 0 aromatic rings. The first-order chi connectivity index (χ1) is 13.8. The van der Waals surface area contributed by atoms with Crippen LogP contribution in [0.4, 0.5) is 13.2 Å². The maximum Gasteiger partial charge on any atom is 0.490 e. The molecule has 1 fully saturated rings. The van der Waals surface area contributed by atoms with Gasteiger partial charge in [0.05, 0.1) is 17.1 Å². The van der Waals surface area contributed by atoms with E-state index < -0.39 is 60.7 Å². The third-order valence-electron chi connectivity index (χ3n) is 5.13. The van der Waals surface area contributed by atoms with Crippen molar-refractivity contribution in [2.24, 2.45) is 22.8 Å². The molecule has 1 aliphatic heterocycles. The predicted octanol–water partition coefficient (Wildman–Crippen LogP) is 0.398. The van der Waals surface area contributed by atoms with Crippen LogP contribution in [0.3, 0.4) is 0 Å². The Morgan fingerprint density at radius 1 is 1.23 bits per heavy atom. The Labute approximate surface area is 176 Å². The zero-order chi connectivity index (χ0) is 24.9. The van der Waals surface area contributed by atoms with Gasteiger partial charge in [-0.25, -0.2) is 4.79 Å². The van der Waals surface area contributed by atoms with Crippen molar-refractivity contribution >= 4 is 31.1 Å². The Bertz CT molecular complexity index is 761. The fraction of sp³-hybridized carbons (Fsp3) is 0.750. The Hall–Kier alpha value is -2.18. The number of carbonyl (C=O) groups excluding carboxylic acids is 2. The van der Waals surface area contributed by atoms with Gasteiger partial charge in [0.2, 0.25) is 19.2 Å². The minimum atomic E-state index is -5.08. The lowest BCUT2D eigenvalue weighted by Crippen LogP contribution is -2.57. The van der Waals surface area contributed by atoms with Gasteiger partial charge >= 0.3 is 18.1 Å². The Morgan fingerprint density at radius 3 is 1.97 bits per heavy atom. The molecule has 0 aromatic carbocycles. The van der Waals surface area contributed by atoms with E-state index in [9.17, 15) is 42.1 Å². The number of rotatable bonds is 6. The van der Waals surface area contributed by atoms with Crippen molar-refractivity contribution < 1.29 is 52.0 Å². The van der Waals surface area contributed by atoms with Crippen LogP contribution in [0.1, 0.15) is 33.6 Å². The Balaban J connectivity index is 0.00000110. The van der Waals surface area contributed by atoms with Crippen LogP contribution in [0.15, 0.2) is 0 Å². The molecule has 2 amide bonds. The summed E-state index contributed by atoms with van der Waals surface area (Å²) in [5.41, 5.74) is 9.68. The predicted molar refractivity (Wildman–Crippen MR) is 101 cm³/mol. The van der Waals surface area contributed by atoms with Crippen LogP contribution in [0.2, 0.25) is 0 Å². The van der Waals surface area contributed by atoms with Gasteiger partial charge in [0.1, 0.15) is 0 Å². The number of piperidine rings is 1. The second kappa shape index (κ2) is 10.4. The molecule has 0 spiro atoms. The van der Waals surface area contributed by atoms with E-state index in [1.165, 1.54) is 25.7 Å². The minimum Gasteiger partial charge on any atom is -0.481 e. The second-order valence-electron chi connectivity index (χ2n) is 7.46. The first kappa shape index (κ1) is 28.8. The average molecular weight is 477 g/mol. The number of primary amides is 1. The number of alkyl halides is 3. The van der Waals surface area contributed by atoms with Gasteiger partial charge in [-0.15, -0.1) is 0 Å². The number of hydrogen-bond acceptors (Lipinski definition) is 6. The zero-order valence-electron chi connectivity index (χ0n) is 17.1. The van der Waals surface area contributed by atoms with E-state index >= 15 is 0 Å². The summed E-state index contributed by atoms with van der Waals surface area (Å²) in [4.78, 5) is 55.6. The maximum absolute atomic E-state index is 12.3. The number of amides is 2. The summed E-state index contributed by atoms with van der Waals surface area (Å²) in [6, 6.07) is -0.783. The molecule has 5 atom stereocenters. The van der Waals surface area contributed by atoms with Crippen LogP contribution >= 0.6 is 7.37 Å². The van der Waals surface area contributed by atoms with Crippen LogP contribution < -0.4 is 11.5 Å².